The van der Waals surface area contributed by atoms with Gasteiger partial charge < -0.3 is 9.30 Å². The lowest BCUT2D eigenvalue weighted by molar-refractivity contribution is -0.437. The van der Waals surface area contributed by atoms with Crippen molar-refractivity contribution in [1.82, 2.24) is 14.3 Å². The molecule has 1 amide bonds. The zero-order valence-corrected chi connectivity index (χ0v) is 16.4. The summed E-state index contributed by atoms with van der Waals surface area (Å²) in [6, 6.07) is 18.0. The van der Waals surface area contributed by atoms with Crippen LogP contribution in [0, 0.1) is 0 Å². The summed E-state index contributed by atoms with van der Waals surface area (Å²) in [5, 5.41) is 4.77. The molecule has 29 heavy (non-hydrogen) atoms. The highest BCUT2D eigenvalue weighted by atomic mass is 16.5. The zero-order valence-electron chi connectivity index (χ0n) is 16.4. The maximum atomic E-state index is 13.0. The van der Waals surface area contributed by atoms with Crippen LogP contribution in [0.4, 0.5) is 0 Å². The monoisotopic (exact) mass is 385 g/mol. The number of ether oxygens (including phenoxy) is 1. The third kappa shape index (κ3) is 2.93. The molecule has 2 aromatic carbocycles. The number of aromatic nitrogens is 3. The van der Waals surface area contributed by atoms with Gasteiger partial charge in [0.2, 0.25) is 0 Å². The molecule has 3 heterocycles. The number of hydrogen-bond donors (Lipinski definition) is 0. The summed E-state index contributed by atoms with van der Waals surface area (Å²) in [4.78, 5) is 13.0. The second-order valence-corrected chi connectivity index (χ2v) is 7.28. The lowest BCUT2D eigenvalue weighted by Crippen LogP contribution is -2.18. The first-order valence-corrected chi connectivity index (χ1v) is 9.52. The molecule has 4 aromatic rings. The lowest BCUT2D eigenvalue weighted by atomic mass is 10.2. The number of nitrogens with zero attached hydrogens (tertiary/aromatic N) is 4. The molecule has 6 heteroatoms. The van der Waals surface area contributed by atoms with E-state index in [9.17, 15) is 4.79 Å². The van der Waals surface area contributed by atoms with Gasteiger partial charge in [-0.2, -0.15) is 9.67 Å². The van der Waals surface area contributed by atoms with Gasteiger partial charge in [-0.05, 0) is 17.7 Å². The molecule has 5 rings (SSSR count). The lowest BCUT2D eigenvalue weighted by Gasteiger charge is -2.03. The van der Waals surface area contributed by atoms with Gasteiger partial charge >= 0.3 is 5.91 Å². The standard InChI is InChI=1S/C23H21N4O2/c1-25-20-15-27(13-16-7-4-3-5-8-16)24-21(20)19-14-26(23(28)22(19)25)12-17-9-6-10-18(11-17)29-2/h3-11,14-15H,12-13H2,1-2H3/q+1. The van der Waals surface area contributed by atoms with Gasteiger partial charge in [-0.1, -0.05) is 42.5 Å². The first-order chi connectivity index (χ1) is 14.1. The highest BCUT2D eigenvalue weighted by molar-refractivity contribution is 6.12. The Morgan fingerprint density at radius 3 is 2.66 bits per heavy atom. The molecule has 0 radical (unpaired) electrons. The van der Waals surface area contributed by atoms with Crippen molar-refractivity contribution in [3.05, 3.63) is 83.2 Å². The Hall–Kier alpha value is -3.67. The second kappa shape index (κ2) is 6.74. The van der Waals surface area contributed by atoms with Gasteiger partial charge in [0.05, 0.1) is 19.2 Å². The minimum atomic E-state index is -0.00192. The zero-order chi connectivity index (χ0) is 20.0. The summed E-state index contributed by atoms with van der Waals surface area (Å²) in [6.45, 7) is 1.20. The molecular formula is C23H21N4O2+. The number of carbonyl (C=O) groups is 1. The SMILES string of the molecule is COc1cccc(C[N+]2=Cc3c(n(C)c4cn(Cc5ccccc5)nc34)C2=O)c1. The summed E-state index contributed by atoms with van der Waals surface area (Å²) in [5.74, 6) is 0.784. The minimum absolute atomic E-state index is 0.00192. The molecule has 0 spiro atoms. The van der Waals surface area contributed by atoms with Crippen LogP contribution in [0.2, 0.25) is 0 Å². The van der Waals surface area contributed by atoms with Crippen molar-refractivity contribution < 1.29 is 14.1 Å². The van der Waals surface area contributed by atoms with Gasteiger partial charge in [0, 0.05) is 18.8 Å². The second-order valence-electron chi connectivity index (χ2n) is 7.28. The molecule has 0 bridgehead atoms. The van der Waals surface area contributed by atoms with E-state index in [1.165, 1.54) is 5.56 Å². The Bertz CT molecular complexity index is 1270. The van der Waals surface area contributed by atoms with Gasteiger partial charge in [0.25, 0.3) is 0 Å². The molecule has 0 saturated heterocycles. The largest absolute Gasteiger partial charge is 0.497 e. The highest BCUT2D eigenvalue weighted by Gasteiger charge is 2.37. The van der Waals surface area contributed by atoms with Gasteiger partial charge in [0.1, 0.15) is 16.8 Å². The molecule has 0 unspecified atom stereocenters. The van der Waals surface area contributed by atoms with Crippen LogP contribution in [0.5, 0.6) is 5.75 Å². The fraction of sp³-hybridized carbons (Fsp3) is 0.174. The fourth-order valence-corrected chi connectivity index (χ4v) is 3.93. The first kappa shape index (κ1) is 17.4. The number of rotatable bonds is 5. The molecular weight excluding hydrogens is 364 g/mol. The van der Waals surface area contributed by atoms with E-state index in [2.05, 4.69) is 12.1 Å². The van der Waals surface area contributed by atoms with E-state index in [-0.39, 0.29) is 5.91 Å². The van der Waals surface area contributed by atoms with Crippen molar-refractivity contribution >= 4 is 23.2 Å². The van der Waals surface area contributed by atoms with Crippen LogP contribution in [0.25, 0.3) is 11.0 Å². The fourth-order valence-electron chi connectivity index (χ4n) is 3.93. The van der Waals surface area contributed by atoms with E-state index in [4.69, 9.17) is 9.84 Å². The summed E-state index contributed by atoms with van der Waals surface area (Å²) in [6.07, 6.45) is 3.92. The molecule has 1 aliphatic rings. The van der Waals surface area contributed by atoms with Crippen molar-refractivity contribution in [3.63, 3.8) is 0 Å². The highest BCUT2D eigenvalue weighted by Crippen LogP contribution is 2.27. The van der Waals surface area contributed by atoms with E-state index in [1.54, 1.807) is 11.7 Å². The quantitative estimate of drug-likeness (QED) is 0.496. The minimum Gasteiger partial charge on any atom is -0.497 e. The van der Waals surface area contributed by atoms with Crippen molar-refractivity contribution in [2.45, 2.75) is 13.1 Å². The third-order valence-electron chi connectivity index (χ3n) is 5.37. The topological polar surface area (TPSA) is 52.1 Å². The molecule has 1 aliphatic heterocycles. The van der Waals surface area contributed by atoms with Gasteiger partial charge in [-0.25, -0.2) is 4.79 Å². The summed E-state index contributed by atoms with van der Waals surface area (Å²) in [5.41, 5.74) is 5.63. The van der Waals surface area contributed by atoms with Crippen molar-refractivity contribution in [2.24, 2.45) is 7.05 Å². The van der Waals surface area contributed by atoms with E-state index in [0.29, 0.717) is 18.8 Å². The number of methoxy groups -OCH3 is 1. The van der Waals surface area contributed by atoms with Crippen molar-refractivity contribution in [3.8, 4) is 5.75 Å². The van der Waals surface area contributed by atoms with E-state index in [1.807, 2.05) is 71.2 Å². The Labute approximate surface area is 168 Å². The van der Waals surface area contributed by atoms with Crippen LogP contribution in [0.1, 0.15) is 27.2 Å². The van der Waals surface area contributed by atoms with Crippen LogP contribution >= 0.6 is 0 Å². The maximum Gasteiger partial charge on any atom is 0.437 e. The molecule has 6 nitrogen and oxygen atoms in total. The molecule has 0 aliphatic carbocycles. The predicted octanol–water partition coefficient (Wildman–Crippen LogP) is 3.22. The van der Waals surface area contributed by atoms with Crippen molar-refractivity contribution in [2.75, 3.05) is 7.11 Å². The molecule has 2 aromatic heterocycles. The van der Waals surface area contributed by atoms with Crippen molar-refractivity contribution in [1.29, 1.82) is 0 Å². The Morgan fingerprint density at radius 1 is 1.07 bits per heavy atom. The number of fused-ring (bicyclic) bond motifs is 3. The molecule has 0 N–H and O–H groups in total. The number of hydrogen-bond acceptors (Lipinski definition) is 3. The van der Waals surface area contributed by atoms with Crippen LogP contribution in [0.3, 0.4) is 0 Å². The van der Waals surface area contributed by atoms with E-state index < -0.39 is 0 Å². The average molecular weight is 385 g/mol. The molecule has 144 valence electrons. The normalized spacial score (nSPS) is 13.0. The van der Waals surface area contributed by atoms with Crippen LogP contribution in [0.15, 0.2) is 60.8 Å². The maximum absolute atomic E-state index is 13.0. The van der Waals surface area contributed by atoms with Gasteiger partial charge in [-0.3, -0.25) is 4.68 Å². The first-order valence-electron chi connectivity index (χ1n) is 9.52. The van der Waals surface area contributed by atoms with Crippen LogP contribution in [-0.4, -0.2) is 38.2 Å². The van der Waals surface area contributed by atoms with Crippen LogP contribution < -0.4 is 4.74 Å². The Morgan fingerprint density at radius 2 is 1.86 bits per heavy atom. The Kier molecular flexibility index (Phi) is 4.05. The molecule has 0 saturated carbocycles. The van der Waals surface area contributed by atoms with Gasteiger partial charge in [0.15, 0.2) is 18.5 Å². The average Bonchev–Trinajstić information content (AvgIpc) is 3.36. The number of amides is 1. The summed E-state index contributed by atoms with van der Waals surface area (Å²) < 4.78 is 10.9. The number of benzene rings is 2. The number of carbonyl (C=O) groups excluding carboxylic acids is 1. The summed E-state index contributed by atoms with van der Waals surface area (Å²) in [7, 11) is 3.57. The van der Waals surface area contributed by atoms with E-state index >= 15 is 0 Å². The third-order valence-corrected chi connectivity index (χ3v) is 5.37. The van der Waals surface area contributed by atoms with Gasteiger partial charge in [-0.15, -0.1) is 0 Å². The Balaban J connectivity index is 1.49. The van der Waals surface area contributed by atoms with Crippen LogP contribution in [-0.2, 0) is 20.1 Å². The molecule has 0 atom stereocenters. The molecule has 0 fully saturated rings. The predicted molar refractivity (Wildman–Crippen MR) is 111 cm³/mol. The smallest absolute Gasteiger partial charge is 0.437 e. The van der Waals surface area contributed by atoms with E-state index in [0.717, 1.165) is 27.9 Å². The summed E-state index contributed by atoms with van der Waals surface area (Å²) >= 11 is 0. The number of aryl methyl sites for hydroxylation is 1.